The Hall–Kier alpha value is -2.44. The van der Waals surface area contributed by atoms with Crippen molar-refractivity contribution < 1.29 is 33.0 Å². The number of halogens is 1. The van der Waals surface area contributed by atoms with Crippen LogP contribution in [0.4, 0.5) is 4.39 Å². The highest BCUT2D eigenvalue weighted by atomic mass is 19.1. The normalized spacial score (nSPS) is 25.2. The van der Waals surface area contributed by atoms with Crippen molar-refractivity contribution in [1.82, 2.24) is 0 Å². The summed E-state index contributed by atoms with van der Waals surface area (Å²) < 4.78 is 29.8. The van der Waals surface area contributed by atoms with Crippen molar-refractivity contribution >= 4 is 17.9 Å². The maximum atomic E-state index is 14.6. The Labute approximate surface area is 151 Å². The minimum absolute atomic E-state index is 0.123. The van der Waals surface area contributed by atoms with Crippen molar-refractivity contribution in [2.75, 3.05) is 13.2 Å². The molecule has 0 spiro atoms. The van der Waals surface area contributed by atoms with E-state index in [0.29, 0.717) is 5.56 Å². The van der Waals surface area contributed by atoms with Crippen molar-refractivity contribution in [1.29, 1.82) is 0 Å². The fourth-order valence-electron chi connectivity index (χ4n) is 3.04. The SMILES string of the molecule is CCOC(=O)C1CC(F)C(OC(=O)c2ccccc2)CC1C(=O)OCC. The quantitative estimate of drug-likeness (QED) is 0.569. The molecule has 0 heterocycles. The van der Waals surface area contributed by atoms with E-state index in [1.165, 1.54) is 0 Å². The van der Waals surface area contributed by atoms with Gasteiger partial charge in [-0.05, 0) is 32.4 Å². The molecule has 1 aliphatic rings. The molecule has 0 aliphatic heterocycles. The van der Waals surface area contributed by atoms with E-state index < -0.39 is 42.0 Å². The number of hydrogen-bond acceptors (Lipinski definition) is 6. The van der Waals surface area contributed by atoms with E-state index in [9.17, 15) is 18.8 Å². The van der Waals surface area contributed by atoms with Crippen LogP contribution in [-0.2, 0) is 23.8 Å². The standard InChI is InChI=1S/C19H23FO6/c1-3-24-18(22)13-10-15(20)16(11-14(13)19(23)25-4-2)26-17(21)12-8-6-5-7-9-12/h5-9,13-16H,3-4,10-11H2,1-2H3. The van der Waals surface area contributed by atoms with E-state index in [0.717, 1.165) is 0 Å². The molecule has 2 rings (SSSR count). The highest BCUT2D eigenvalue weighted by Crippen LogP contribution is 2.36. The van der Waals surface area contributed by atoms with E-state index in [1.54, 1.807) is 44.2 Å². The minimum atomic E-state index is -1.57. The van der Waals surface area contributed by atoms with Crippen LogP contribution in [0.3, 0.4) is 0 Å². The summed E-state index contributed by atoms with van der Waals surface area (Å²) in [5.41, 5.74) is 0.292. The zero-order valence-corrected chi connectivity index (χ0v) is 14.9. The molecule has 1 saturated carbocycles. The molecule has 1 aliphatic carbocycles. The Morgan fingerprint density at radius 2 is 1.50 bits per heavy atom. The van der Waals surface area contributed by atoms with Gasteiger partial charge in [0.1, 0.15) is 12.3 Å². The molecule has 1 aromatic carbocycles. The first-order chi connectivity index (χ1) is 12.5. The van der Waals surface area contributed by atoms with Crippen LogP contribution in [0.25, 0.3) is 0 Å². The van der Waals surface area contributed by atoms with E-state index in [2.05, 4.69) is 0 Å². The predicted octanol–water partition coefficient (Wildman–Crippen LogP) is 2.70. The van der Waals surface area contributed by atoms with E-state index in [4.69, 9.17) is 14.2 Å². The number of carbonyl (C=O) groups excluding carboxylic acids is 3. The van der Waals surface area contributed by atoms with Crippen LogP contribution in [0, 0.1) is 11.8 Å². The molecule has 4 atom stereocenters. The smallest absolute Gasteiger partial charge is 0.338 e. The molecular formula is C19H23FO6. The fourth-order valence-corrected chi connectivity index (χ4v) is 3.04. The average Bonchev–Trinajstić information content (AvgIpc) is 2.64. The molecule has 142 valence electrons. The second-order valence-corrected chi connectivity index (χ2v) is 6.01. The van der Waals surface area contributed by atoms with Gasteiger partial charge >= 0.3 is 17.9 Å². The number of rotatable bonds is 6. The molecule has 0 aromatic heterocycles. The summed E-state index contributed by atoms with van der Waals surface area (Å²) in [6, 6.07) is 8.20. The van der Waals surface area contributed by atoms with Crippen LogP contribution < -0.4 is 0 Å². The van der Waals surface area contributed by atoms with Gasteiger partial charge in [0, 0.05) is 6.42 Å². The Morgan fingerprint density at radius 3 is 2.04 bits per heavy atom. The van der Waals surface area contributed by atoms with Crippen molar-refractivity contribution in [3.8, 4) is 0 Å². The van der Waals surface area contributed by atoms with Crippen molar-refractivity contribution in [2.45, 2.75) is 39.0 Å². The number of esters is 3. The summed E-state index contributed by atoms with van der Waals surface area (Å²) >= 11 is 0. The molecule has 0 amide bonds. The maximum Gasteiger partial charge on any atom is 0.338 e. The number of carbonyl (C=O) groups is 3. The average molecular weight is 366 g/mol. The number of alkyl halides is 1. The third-order valence-corrected chi connectivity index (χ3v) is 4.30. The monoisotopic (exact) mass is 366 g/mol. The summed E-state index contributed by atoms with van der Waals surface area (Å²) in [7, 11) is 0. The van der Waals surface area contributed by atoms with Gasteiger partial charge in [-0.2, -0.15) is 0 Å². The van der Waals surface area contributed by atoms with Gasteiger partial charge in [-0.15, -0.1) is 0 Å². The first kappa shape index (κ1) is 19.9. The molecule has 0 radical (unpaired) electrons. The second-order valence-electron chi connectivity index (χ2n) is 6.01. The molecule has 0 N–H and O–H groups in total. The Kier molecular flexibility index (Phi) is 7.12. The molecular weight excluding hydrogens is 343 g/mol. The lowest BCUT2D eigenvalue weighted by molar-refractivity contribution is -0.167. The second kappa shape index (κ2) is 9.31. The van der Waals surface area contributed by atoms with Gasteiger partial charge in [0.2, 0.25) is 0 Å². The minimum Gasteiger partial charge on any atom is -0.466 e. The van der Waals surface area contributed by atoms with Crippen LogP contribution in [0.1, 0.15) is 37.0 Å². The van der Waals surface area contributed by atoms with Crippen LogP contribution in [0.2, 0.25) is 0 Å². The van der Waals surface area contributed by atoms with E-state index in [-0.39, 0.29) is 26.1 Å². The third-order valence-electron chi connectivity index (χ3n) is 4.30. The summed E-state index contributed by atoms with van der Waals surface area (Å²) in [4.78, 5) is 36.5. The zero-order valence-electron chi connectivity index (χ0n) is 14.9. The summed E-state index contributed by atoms with van der Waals surface area (Å²) in [5.74, 6) is -3.78. The summed E-state index contributed by atoms with van der Waals surface area (Å²) in [6.45, 7) is 3.55. The van der Waals surface area contributed by atoms with Gasteiger partial charge in [0.05, 0.1) is 30.6 Å². The lowest BCUT2D eigenvalue weighted by Gasteiger charge is -2.35. The number of ether oxygens (including phenoxy) is 3. The Bertz CT molecular complexity index is 632. The zero-order chi connectivity index (χ0) is 19.1. The first-order valence-electron chi connectivity index (χ1n) is 8.71. The largest absolute Gasteiger partial charge is 0.466 e. The molecule has 1 aromatic rings. The highest BCUT2D eigenvalue weighted by Gasteiger charge is 2.47. The predicted molar refractivity (Wildman–Crippen MR) is 90.0 cm³/mol. The summed E-state index contributed by atoms with van der Waals surface area (Å²) in [5, 5.41) is 0. The van der Waals surface area contributed by atoms with Crippen LogP contribution in [0.15, 0.2) is 30.3 Å². The molecule has 0 saturated heterocycles. The first-order valence-corrected chi connectivity index (χ1v) is 8.71. The molecule has 7 heteroatoms. The molecule has 1 fully saturated rings. The van der Waals surface area contributed by atoms with Crippen LogP contribution in [0.5, 0.6) is 0 Å². The lowest BCUT2D eigenvalue weighted by Crippen LogP contribution is -2.46. The van der Waals surface area contributed by atoms with Crippen molar-refractivity contribution in [3.63, 3.8) is 0 Å². The lowest BCUT2D eigenvalue weighted by atomic mass is 9.76. The maximum absolute atomic E-state index is 14.6. The summed E-state index contributed by atoms with van der Waals surface area (Å²) in [6.07, 6.45) is -3.07. The van der Waals surface area contributed by atoms with Crippen molar-refractivity contribution in [2.24, 2.45) is 11.8 Å². The highest BCUT2D eigenvalue weighted by molar-refractivity contribution is 5.89. The molecule has 4 unspecified atom stereocenters. The van der Waals surface area contributed by atoms with Crippen LogP contribution >= 0.6 is 0 Å². The molecule has 6 nitrogen and oxygen atoms in total. The topological polar surface area (TPSA) is 78.9 Å². The van der Waals surface area contributed by atoms with Gasteiger partial charge in [0.25, 0.3) is 0 Å². The van der Waals surface area contributed by atoms with Gasteiger partial charge in [0.15, 0.2) is 0 Å². The molecule has 0 bridgehead atoms. The van der Waals surface area contributed by atoms with E-state index in [1.807, 2.05) is 0 Å². The van der Waals surface area contributed by atoms with Gasteiger partial charge < -0.3 is 14.2 Å². The van der Waals surface area contributed by atoms with Gasteiger partial charge in [-0.25, -0.2) is 9.18 Å². The molecule has 26 heavy (non-hydrogen) atoms. The third kappa shape index (κ3) is 4.80. The number of benzene rings is 1. The van der Waals surface area contributed by atoms with Crippen LogP contribution in [-0.4, -0.2) is 43.4 Å². The van der Waals surface area contributed by atoms with Crippen molar-refractivity contribution in [3.05, 3.63) is 35.9 Å². The van der Waals surface area contributed by atoms with Gasteiger partial charge in [-0.1, -0.05) is 18.2 Å². The Morgan fingerprint density at radius 1 is 0.962 bits per heavy atom. The van der Waals surface area contributed by atoms with Gasteiger partial charge in [-0.3, -0.25) is 9.59 Å². The number of hydrogen-bond donors (Lipinski definition) is 0. The Balaban J connectivity index is 2.13. The van der Waals surface area contributed by atoms with E-state index >= 15 is 0 Å². The fraction of sp³-hybridized carbons (Fsp3) is 0.526.